The zero-order valence-corrected chi connectivity index (χ0v) is 11.8. The molecule has 1 fully saturated rings. The van der Waals surface area contributed by atoms with E-state index in [4.69, 9.17) is 5.11 Å². The summed E-state index contributed by atoms with van der Waals surface area (Å²) in [5.41, 5.74) is 0. The molecule has 2 N–H and O–H groups in total. The Bertz CT molecular complexity index is 182. The molecule has 1 rings (SSSR count). The molecule has 16 heavy (non-hydrogen) atoms. The molecule has 0 aromatic rings. The SMILES string of the molecule is CCC(O)CCC1(CCCO)SCCCS1. The van der Waals surface area contributed by atoms with Crippen LogP contribution in [0.5, 0.6) is 0 Å². The maximum atomic E-state index is 9.66. The number of aliphatic hydroxyl groups excluding tert-OH is 2. The Morgan fingerprint density at radius 2 is 1.94 bits per heavy atom. The molecule has 0 radical (unpaired) electrons. The largest absolute Gasteiger partial charge is 0.396 e. The molecule has 0 aliphatic carbocycles. The molecule has 0 aromatic carbocycles. The summed E-state index contributed by atoms with van der Waals surface area (Å²) in [4.78, 5) is 0. The molecule has 1 unspecified atom stereocenters. The van der Waals surface area contributed by atoms with E-state index < -0.39 is 0 Å². The summed E-state index contributed by atoms with van der Waals surface area (Å²) in [6, 6.07) is 0. The van der Waals surface area contributed by atoms with Crippen LogP contribution in [0.4, 0.5) is 0 Å². The molecule has 96 valence electrons. The van der Waals surface area contributed by atoms with E-state index in [0.29, 0.717) is 6.61 Å². The number of hydrogen-bond donors (Lipinski definition) is 2. The summed E-state index contributed by atoms with van der Waals surface area (Å²) < 4.78 is 0.275. The van der Waals surface area contributed by atoms with Crippen LogP contribution in [-0.2, 0) is 0 Å². The molecular weight excluding hydrogens is 240 g/mol. The van der Waals surface area contributed by atoms with Crippen LogP contribution >= 0.6 is 23.5 Å². The van der Waals surface area contributed by atoms with E-state index in [1.54, 1.807) is 0 Å². The molecule has 0 aromatic heterocycles. The van der Waals surface area contributed by atoms with E-state index in [2.05, 4.69) is 0 Å². The zero-order valence-electron chi connectivity index (χ0n) is 10.2. The van der Waals surface area contributed by atoms with Crippen molar-refractivity contribution >= 4 is 23.5 Å². The first-order valence-electron chi connectivity index (χ1n) is 6.29. The van der Waals surface area contributed by atoms with Crippen LogP contribution in [0.1, 0.15) is 45.4 Å². The van der Waals surface area contributed by atoms with Crippen molar-refractivity contribution in [1.82, 2.24) is 0 Å². The molecular formula is C12H24O2S2. The van der Waals surface area contributed by atoms with Crippen molar-refractivity contribution in [3.63, 3.8) is 0 Å². The molecule has 1 atom stereocenters. The molecule has 0 amide bonds. The third-order valence-electron chi connectivity index (χ3n) is 3.06. The third kappa shape index (κ3) is 4.86. The second-order valence-corrected chi connectivity index (χ2v) is 7.60. The van der Waals surface area contributed by atoms with Crippen LogP contribution in [0.15, 0.2) is 0 Å². The normalized spacial score (nSPS) is 21.9. The maximum Gasteiger partial charge on any atom is 0.0612 e. The van der Waals surface area contributed by atoms with Crippen molar-refractivity contribution < 1.29 is 10.2 Å². The third-order valence-corrected chi connectivity index (χ3v) is 6.63. The van der Waals surface area contributed by atoms with Crippen molar-refractivity contribution in [2.45, 2.75) is 55.6 Å². The Hall–Kier alpha value is 0.620. The van der Waals surface area contributed by atoms with Crippen LogP contribution in [0, 0.1) is 0 Å². The van der Waals surface area contributed by atoms with Crippen molar-refractivity contribution in [3.05, 3.63) is 0 Å². The minimum atomic E-state index is -0.144. The summed E-state index contributed by atoms with van der Waals surface area (Å²) in [5.74, 6) is 2.47. The van der Waals surface area contributed by atoms with Crippen molar-refractivity contribution in [2.75, 3.05) is 18.1 Å². The maximum absolute atomic E-state index is 9.66. The van der Waals surface area contributed by atoms with Gasteiger partial charge >= 0.3 is 0 Å². The van der Waals surface area contributed by atoms with Gasteiger partial charge in [-0.25, -0.2) is 0 Å². The van der Waals surface area contributed by atoms with Gasteiger partial charge in [-0.2, -0.15) is 0 Å². The fourth-order valence-corrected chi connectivity index (χ4v) is 5.41. The molecule has 1 saturated heterocycles. The number of hydrogen-bond acceptors (Lipinski definition) is 4. The number of rotatable bonds is 7. The van der Waals surface area contributed by atoms with Gasteiger partial charge in [0, 0.05) is 6.61 Å². The highest BCUT2D eigenvalue weighted by atomic mass is 32.2. The van der Waals surface area contributed by atoms with Crippen molar-refractivity contribution in [1.29, 1.82) is 0 Å². The van der Waals surface area contributed by atoms with Gasteiger partial charge in [0.1, 0.15) is 0 Å². The van der Waals surface area contributed by atoms with Gasteiger partial charge in [0.05, 0.1) is 10.2 Å². The molecule has 0 spiro atoms. The lowest BCUT2D eigenvalue weighted by atomic mass is 10.1. The topological polar surface area (TPSA) is 40.5 Å². The Balaban J connectivity index is 2.42. The second kappa shape index (κ2) is 7.85. The monoisotopic (exact) mass is 264 g/mol. The standard InChI is InChI=1S/C12H24O2S2/c1-2-11(14)5-7-12(6-3-8-13)15-9-4-10-16-12/h11,13-14H,2-10H2,1H3. The summed E-state index contributed by atoms with van der Waals surface area (Å²) in [6.45, 7) is 2.32. The van der Waals surface area contributed by atoms with Gasteiger partial charge in [-0.1, -0.05) is 6.92 Å². The van der Waals surface area contributed by atoms with Crippen LogP contribution in [0.2, 0.25) is 0 Å². The minimum Gasteiger partial charge on any atom is -0.396 e. The van der Waals surface area contributed by atoms with E-state index >= 15 is 0 Å². The molecule has 0 saturated carbocycles. The zero-order chi connectivity index (χ0) is 11.9. The predicted octanol–water partition coefficient (Wildman–Crippen LogP) is 2.88. The summed E-state index contributed by atoms with van der Waals surface area (Å²) >= 11 is 4.09. The van der Waals surface area contributed by atoms with Crippen LogP contribution in [0.25, 0.3) is 0 Å². The summed E-state index contributed by atoms with van der Waals surface area (Å²) in [5, 5.41) is 18.6. The van der Waals surface area contributed by atoms with Gasteiger partial charge in [-0.3, -0.25) is 0 Å². The molecule has 0 bridgehead atoms. The molecule has 1 aliphatic heterocycles. The lowest BCUT2D eigenvalue weighted by Gasteiger charge is -2.36. The smallest absolute Gasteiger partial charge is 0.0612 e. The average molecular weight is 264 g/mol. The van der Waals surface area contributed by atoms with E-state index in [-0.39, 0.29) is 10.2 Å². The van der Waals surface area contributed by atoms with Gasteiger partial charge in [0.15, 0.2) is 0 Å². The Labute approximate surface area is 108 Å². The first-order chi connectivity index (χ1) is 7.72. The van der Waals surface area contributed by atoms with E-state index in [1.807, 2.05) is 30.4 Å². The van der Waals surface area contributed by atoms with Crippen LogP contribution in [-0.4, -0.2) is 38.5 Å². The van der Waals surface area contributed by atoms with E-state index in [0.717, 1.165) is 32.1 Å². The number of aliphatic hydroxyl groups is 2. The summed E-state index contributed by atoms with van der Waals surface area (Å²) in [6.07, 6.45) is 5.96. The predicted molar refractivity (Wildman–Crippen MR) is 74.1 cm³/mol. The van der Waals surface area contributed by atoms with Crippen LogP contribution in [0.3, 0.4) is 0 Å². The van der Waals surface area contributed by atoms with Gasteiger partial charge in [-0.15, -0.1) is 23.5 Å². The Kier molecular flexibility index (Phi) is 7.20. The van der Waals surface area contributed by atoms with Crippen LogP contribution < -0.4 is 0 Å². The molecule has 1 aliphatic rings. The quantitative estimate of drug-likeness (QED) is 0.742. The molecule has 2 nitrogen and oxygen atoms in total. The van der Waals surface area contributed by atoms with Crippen molar-refractivity contribution in [2.24, 2.45) is 0 Å². The van der Waals surface area contributed by atoms with Gasteiger partial charge in [0.25, 0.3) is 0 Å². The summed E-state index contributed by atoms with van der Waals surface area (Å²) in [7, 11) is 0. The Morgan fingerprint density at radius 1 is 1.25 bits per heavy atom. The average Bonchev–Trinajstić information content (AvgIpc) is 2.35. The fraction of sp³-hybridized carbons (Fsp3) is 1.00. The lowest BCUT2D eigenvalue weighted by molar-refractivity contribution is 0.155. The first kappa shape index (κ1) is 14.7. The highest BCUT2D eigenvalue weighted by Crippen LogP contribution is 2.48. The van der Waals surface area contributed by atoms with Crippen molar-refractivity contribution in [3.8, 4) is 0 Å². The Morgan fingerprint density at radius 3 is 2.50 bits per heavy atom. The van der Waals surface area contributed by atoms with Gasteiger partial charge in [0.2, 0.25) is 0 Å². The second-order valence-electron chi connectivity index (χ2n) is 4.39. The highest BCUT2D eigenvalue weighted by molar-refractivity contribution is 8.18. The van der Waals surface area contributed by atoms with Gasteiger partial charge < -0.3 is 10.2 Å². The van der Waals surface area contributed by atoms with E-state index in [1.165, 1.54) is 17.9 Å². The first-order valence-corrected chi connectivity index (χ1v) is 8.26. The van der Waals surface area contributed by atoms with Gasteiger partial charge in [-0.05, 0) is 50.0 Å². The lowest BCUT2D eigenvalue weighted by Crippen LogP contribution is -2.27. The molecule has 1 heterocycles. The molecule has 4 heteroatoms. The fourth-order valence-electron chi connectivity index (χ4n) is 1.97. The highest BCUT2D eigenvalue weighted by Gasteiger charge is 2.33. The minimum absolute atomic E-state index is 0.144. The number of thioether (sulfide) groups is 2. The van der Waals surface area contributed by atoms with E-state index in [9.17, 15) is 5.11 Å².